The van der Waals surface area contributed by atoms with Crippen molar-refractivity contribution in [3.63, 3.8) is 0 Å². The largest absolute Gasteiger partial charge is 0.342 e. The first-order valence-corrected chi connectivity index (χ1v) is 8.75. The highest BCUT2D eigenvalue weighted by molar-refractivity contribution is 5.93. The second-order valence-electron chi connectivity index (χ2n) is 6.79. The Morgan fingerprint density at radius 2 is 0.923 bits per heavy atom. The van der Waals surface area contributed by atoms with E-state index in [-0.39, 0.29) is 17.7 Å². The summed E-state index contributed by atoms with van der Waals surface area (Å²) in [6.45, 7) is 18.2. The van der Waals surface area contributed by atoms with E-state index in [9.17, 15) is 14.4 Å². The van der Waals surface area contributed by atoms with Crippen LogP contribution in [0.25, 0.3) is 0 Å². The average molecular weight is 364 g/mol. The molecule has 0 unspecified atom stereocenters. The second-order valence-corrected chi connectivity index (χ2v) is 6.79. The molecule has 0 atom stereocenters. The van der Waals surface area contributed by atoms with Crippen LogP contribution >= 0.6 is 0 Å². The van der Waals surface area contributed by atoms with Crippen molar-refractivity contribution in [3.8, 4) is 0 Å². The minimum absolute atomic E-state index is 0.0947. The van der Waals surface area contributed by atoms with Gasteiger partial charge in [0.25, 0.3) is 0 Å². The summed E-state index contributed by atoms with van der Waals surface area (Å²) in [5.74, 6) is -0.293. The van der Waals surface area contributed by atoms with Crippen LogP contribution in [-0.4, -0.2) is 72.7 Å². The molecule has 0 aliphatic rings. The molecule has 0 saturated carbocycles. The first-order valence-electron chi connectivity index (χ1n) is 8.75. The number of amides is 3. The smallest absolute Gasteiger partial charge is 0.248 e. The highest BCUT2D eigenvalue weighted by Gasteiger charge is 2.16. The molecule has 6 heteroatoms. The lowest BCUT2D eigenvalue weighted by Crippen LogP contribution is -2.37. The van der Waals surface area contributed by atoms with E-state index in [0.29, 0.717) is 55.7 Å². The van der Waals surface area contributed by atoms with Crippen LogP contribution in [0.5, 0.6) is 0 Å². The Kier molecular flexibility index (Phi) is 10.3. The summed E-state index contributed by atoms with van der Waals surface area (Å²) in [5, 5.41) is 0. The van der Waals surface area contributed by atoms with E-state index in [1.165, 1.54) is 0 Å². The van der Waals surface area contributed by atoms with Crippen molar-refractivity contribution in [1.29, 1.82) is 0 Å². The fraction of sp³-hybridized carbons (Fsp3) is 0.550. The Labute approximate surface area is 157 Å². The molecule has 0 bridgehead atoms. The molecule has 0 fully saturated rings. The molecule has 6 nitrogen and oxygen atoms in total. The Morgan fingerprint density at radius 3 is 1.19 bits per heavy atom. The highest BCUT2D eigenvalue weighted by Crippen LogP contribution is 2.05. The molecule has 0 radical (unpaired) electrons. The van der Waals surface area contributed by atoms with Gasteiger partial charge in [0.2, 0.25) is 17.7 Å². The van der Waals surface area contributed by atoms with Gasteiger partial charge in [0.05, 0.1) is 0 Å². The van der Waals surface area contributed by atoms with Crippen LogP contribution in [0.1, 0.15) is 33.6 Å². The van der Waals surface area contributed by atoms with E-state index in [0.717, 1.165) is 0 Å². The van der Waals surface area contributed by atoms with Gasteiger partial charge in [-0.2, -0.15) is 0 Å². The number of nitrogens with zero attached hydrogens (tertiary/aromatic N) is 3. The van der Waals surface area contributed by atoms with Gasteiger partial charge in [-0.05, 0) is 33.6 Å². The molecule has 26 heavy (non-hydrogen) atoms. The third-order valence-corrected chi connectivity index (χ3v) is 3.92. The summed E-state index contributed by atoms with van der Waals surface area (Å²) in [4.78, 5) is 40.9. The molecule has 0 rings (SSSR count). The topological polar surface area (TPSA) is 60.9 Å². The van der Waals surface area contributed by atoms with Crippen LogP contribution < -0.4 is 0 Å². The third kappa shape index (κ3) is 8.14. The van der Waals surface area contributed by atoms with Gasteiger partial charge >= 0.3 is 0 Å². The predicted octanol–water partition coefficient (Wildman–Crippen LogP) is 2.24. The Balaban J connectivity index is 4.59. The summed E-state index contributed by atoms with van der Waals surface area (Å²) < 4.78 is 0. The zero-order valence-corrected chi connectivity index (χ0v) is 16.9. The van der Waals surface area contributed by atoms with Crippen LogP contribution in [0.3, 0.4) is 0 Å². The molecule has 0 spiro atoms. The first kappa shape index (κ1) is 23.6. The van der Waals surface area contributed by atoms with Gasteiger partial charge in [0.15, 0.2) is 0 Å². The zero-order chi connectivity index (χ0) is 20.4. The summed E-state index contributed by atoms with van der Waals surface area (Å²) in [5.41, 5.74) is 1.46. The van der Waals surface area contributed by atoms with Gasteiger partial charge in [-0.15, -0.1) is 0 Å². The van der Waals surface area contributed by atoms with Crippen molar-refractivity contribution in [3.05, 3.63) is 36.5 Å². The molecular weight excluding hydrogens is 330 g/mol. The van der Waals surface area contributed by atoms with Crippen LogP contribution in [0, 0.1) is 0 Å². The Bertz CT molecular complexity index is 543. The average Bonchev–Trinajstić information content (AvgIpc) is 2.57. The van der Waals surface area contributed by atoms with Gasteiger partial charge in [0.1, 0.15) is 0 Å². The number of carbonyl (C=O) groups is 3. The predicted molar refractivity (Wildman–Crippen MR) is 106 cm³/mol. The summed E-state index contributed by atoms with van der Waals surface area (Å²) in [6.07, 6.45) is 1.32. The third-order valence-electron chi connectivity index (χ3n) is 3.92. The van der Waals surface area contributed by atoms with Gasteiger partial charge in [-0.25, -0.2) is 0 Å². The van der Waals surface area contributed by atoms with Crippen molar-refractivity contribution in [1.82, 2.24) is 14.7 Å². The standard InChI is InChI=1S/C20H33N3O3/c1-15(2)18(24)21(7)11-9-13-23(20(26)17(5)6)14-10-12-22(8)19(25)16(3)4/h1,3,5,9-14H2,2,4,6-8H3. The van der Waals surface area contributed by atoms with Crippen molar-refractivity contribution >= 4 is 17.7 Å². The van der Waals surface area contributed by atoms with Crippen molar-refractivity contribution in [2.75, 3.05) is 40.3 Å². The summed E-state index contributed by atoms with van der Waals surface area (Å²) >= 11 is 0. The lowest BCUT2D eigenvalue weighted by molar-refractivity contribution is -0.127. The van der Waals surface area contributed by atoms with E-state index >= 15 is 0 Å². The number of carbonyl (C=O) groups excluding carboxylic acids is 3. The van der Waals surface area contributed by atoms with Crippen LogP contribution in [0.2, 0.25) is 0 Å². The van der Waals surface area contributed by atoms with Crippen LogP contribution in [-0.2, 0) is 14.4 Å². The fourth-order valence-electron chi connectivity index (χ4n) is 2.44. The fourth-order valence-corrected chi connectivity index (χ4v) is 2.44. The van der Waals surface area contributed by atoms with Crippen molar-refractivity contribution in [2.45, 2.75) is 33.6 Å². The molecule has 3 amide bonds. The molecular formula is C20H33N3O3. The van der Waals surface area contributed by atoms with Gasteiger partial charge in [-0.1, -0.05) is 19.7 Å². The quantitative estimate of drug-likeness (QED) is 0.529. The molecule has 0 aromatic carbocycles. The molecule has 0 heterocycles. The summed E-state index contributed by atoms with van der Waals surface area (Å²) in [7, 11) is 3.44. The highest BCUT2D eigenvalue weighted by atomic mass is 16.2. The normalized spacial score (nSPS) is 10.0. The van der Waals surface area contributed by atoms with E-state index in [4.69, 9.17) is 0 Å². The van der Waals surface area contributed by atoms with E-state index in [1.807, 2.05) is 0 Å². The molecule has 0 aromatic rings. The lowest BCUT2D eigenvalue weighted by atomic mass is 10.2. The SMILES string of the molecule is C=C(C)C(=O)N(C)CCCN(CCCN(C)C(=O)C(=C)C)C(=O)C(=C)C. The summed E-state index contributed by atoms with van der Waals surface area (Å²) in [6, 6.07) is 0. The number of likely N-dealkylation sites (N-methyl/N-ethyl adjacent to an activating group) is 2. The molecule has 0 aliphatic carbocycles. The zero-order valence-electron chi connectivity index (χ0n) is 16.9. The molecule has 0 N–H and O–H groups in total. The molecule has 0 aromatic heterocycles. The monoisotopic (exact) mass is 363 g/mol. The van der Waals surface area contributed by atoms with E-state index in [2.05, 4.69) is 19.7 Å². The molecule has 0 saturated heterocycles. The van der Waals surface area contributed by atoms with Crippen LogP contribution in [0.4, 0.5) is 0 Å². The maximum Gasteiger partial charge on any atom is 0.248 e. The van der Waals surface area contributed by atoms with Crippen molar-refractivity contribution < 1.29 is 14.4 Å². The maximum absolute atomic E-state index is 12.3. The number of rotatable bonds is 11. The van der Waals surface area contributed by atoms with Gasteiger partial charge in [0, 0.05) is 57.0 Å². The molecule has 0 aliphatic heterocycles. The van der Waals surface area contributed by atoms with Gasteiger partial charge in [-0.3, -0.25) is 14.4 Å². The van der Waals surface area contributed by atoms with Gasteiger partial charge < -0.3 is 14.7 Å². The van der Waals surface area contributed by atoms with E-state index < -0.39 is 0 Å². The maximum atomic E-state index is 12.3. The molecule has 146 valence electrons. The minimum Gasteiger partial charge on any atom is -0.342 e. The number of hydrogen-bond donors (Lipinski definition) is 0. The second kappa shape index (κ2) is 11.3. The number of hydrogen-bond acceptors (Lipinski definition) is 3. The first-order chi connectivity index (χ1) is 12.0. The minimum atomic E-state index is -0.104. The van der Waals surface area contributed by atoms with E-state index in [1.54, 1.807) is 49.6 Å². The van der Waals surface area contributed by atoms with Crippen LogP contribution in [0.15, 0.2) is 36.5 Å². The lowest BCUT2D eigenvalue weighted by Gasteiger charge is -2.26. The van der Waals surface area contributed by atoms with Crippen molar-refractivity contribution in [2.24, 2.45) is 0 Å². The Hall–Kier alpha value is -2.37. The Morgan fingerprint density at radius 1 is 0.615 bits per heavy atom.